The van der Waals surface area contributed by atoms with Crippen LogP contribution in [0.4, 0.5) is 4.39 Å². The van der Waals surface area contributed by atoms with Gasteiger partial charge < -0.3 is 4.98 Å². The third-order valence-corrected chi connectivity index (χ3v) is 1.50. The van der Waals surface area contributed by atoms with Crippen molar-refractivity contribution < 1.29 is 9.18 Å². The summed E-state index contributed by atoms with van der Waals surface area (Å²) >= 11 is 0. The van der Waals surface area contributed by atoms with Crippen molar-refractivity contribution >= 4 is 5.78 Å². The van der Waals surface area contributed by atoms with Gasteiger partial charge in [0.05, 0.1) is 6.33 Å². The van der Waals surface area contributed by atoms with Crippen molar-refractivity contribution in [3.05, 3.63) is 18.0 Å². The smallest absolute Gasteiger partial charge is 0.241 e. The van der Waals surface area contributed by atoms with Gasteiger partial charge in [0, 0.05) is 5.41 Å². The van der Waals surface area contributed by atoms with Gasteiger partial charge in [-0.15, -0.1) is 0 Å². The van der Waals surface area contributed by atoms with Crippen molar-refractivity contribution in [2.75, 3.05) is 0 Å². The maximum Gasteiger partial charge on any atom is 0.241 e. The topological polar surface area (TPSA) is 45.8 Å². The lowest BCUT2D eigenvalue weighted by molar-refractivity contribution is 0.0848. The zero-order chi connectivity index (χ0) is 9.35. The summed E-state index contributed by atoms with van der Waals surface area (Å²) in [5.41, 5.74) is -0.615. The molecule has 0 aliphatic rings. The fraction of sp³-hybridized carbons (Fsp3) is 0.500. The molecule has 0 fully saturated rings. The molecule has 0 aliphatic heterocycles. The molecule has 0 bridgehead atoms. The lowest BCUT2D eigenvalue weighted by Crippen LogP contribution is -2.21. The predicted octanol–water partition coefficient (Wildman–Crippen LogP) is 1.78. The van der Waals surface area contributed by atoms with E-state index >= 15 is 0 Å². The Morgan fingerprint density at radius 2 is 2.17 bits per heavy atom. The minimum absolute atomic E-state index is 0.0394. The van der Waals surface area contributed by atoms with Crippen LogP contribution in [0.2, 0.25) is 0 Å². The van der Waals surface area contributed by atoms with Gasteiger partial charge in [-0.1, -0.05) is 20.8 Å². The van der Waals surface area contributed by atoms with Gasteiger partial charge in [-0.3, -0.25) is 4.79 Å². The van der Waals surface area contributed by atoms with Crippen molar-refractivity contribution in [3.63, 3.8) is 0 Å². The normalized spacial score (nSPS) is 11.7. The van der Waals surface area contributed by atoms with E-state index in [0.717, 1.165) is 0 Å². The number of aromatic amines is 1. The molecule has 1 aromatic heterocycles. The number of H-pyrrole nitrogens is 1. The molecule has 0 atom stereocenters. The first-order valence-electron chi connectivity index (χ1n) is 3.66. The highest BCUT2D eigenvalue weighted by Crippen LogP contribution is 2.20. The van der Waals surface area contributed by atoms with Crippen LogP contribution < -0.4 is 0 Å². The summed E-state index contributed by atoms with van der Waals surface area (Å²) in [7, 11) is 0. The molecule has 4 heteroatoms. The Kier molecular flexibility index (Phi) is 2.00. The maximum atomic E-state index is 12.8. The molecule has 0 saturated carbocycles. The lowest BCUT2D eigenvalue weighted by atomic mass is 9.89. The molecule has 0 aromatic carbocycles. The minimum Gasteiger partial charge on any atom is -0.340 e. The second-order valence-electron chi connectivity index (χ2n) is 3.65. The van der Waals surface area contributed by atoms with Crippen molar-refractivity contribution in [2.45, 2.75) is 20.8 Å². The van der Waals surface area contributed by atoms with Crippen LogP contribution in [0.25, 0.3) is 0 Å². The summed E-state index contributed by atoms with van der Waals surface area (Å²) < 4.78 is 12.8. The van der Waals surface area contributed by atoms with Crippen LogP contribution >= 0.6 is 0 Å². The van der Waals surface area contributed by atoms with E-state index in [0.29, 0.717) is 0 Å². The molecular formula is C8H11FN2O. The van der Waals surface area contributed by atoms with Crippen LogP contribution in [-0.4, -0.2) is 15.8 Å². The molecule has 0 spiro atoms. The Balaban J connectivity index is 3.01. The van der Waals surface area contributed by atoms with Gasteiger partial charge in [-0.2, -0.15) is 4.39 Å². The SMILES string of the molecule is CC(C)(C)C(=O)c1[nH]cnc1F. The summed E-state index contributed by atoms with van der Waals surface area (Å²) in [6.45, 7) is 5.20. The Morgan fingerprint density at radius 3 is 2.50 bits per heavy atom. The first-order chi connectivity index (χ1) is 5.43. The molecule has 1 aromatic rings. The number of Topliss-reactive ketones (excluding diaryl/α,β-unsaturated/α-hetero) is 1. The van der Waals surface area contributed by atoms with Gasteiger partial charge in [0.15, 0.2) is 5.78 Å². The van der Waals surface area contributed by atoms with Gasteiger partial charge in [-0.25, -0.2) is 4.98 Å². The summed E-state index contributed by atoms with van der Waals surface area (Å²) in [5, 5.41) is 0. The molecule has 0 radical (unpaired) electrons. The summed E-state index contributed by atoms with van der Waals surface area (Å²) in [5.74, 6) is -0.993. The van der Waals surface area contributed by atoms with Crippen LogP contribution in [0.5, 0.6) is 0 Å². The summed E-state index contributed by atoms with van der Waals surface area (Å²) in [6.07, 6.45) is 1.17. The van der Waals surface area contributed by atoms with E-state index in [9.17, 15) is 9.18 Å². The highest BCUT2D eigenvalue weighted by molar-refractivity contribution is 5.98. The summed E-state index contributed by atoms with van der Waals surface area (Å²) in [6, 6.07) is 0. The fourth-order valence-electron chi connectivity index (χ4n) is 0.812. The third kappa shape index (κ3) is 1.52. The van der Waals surface area contributed by atoms with Crippen LogP contribution in [0.15, 0.2) is 6.33 Å². The van der Waals surface area contributed by atoms with Crippen molar-refractivity contribution in [3.8, 4) is 0 Å². The second-order valence-corrected chi connectivity index (χ2v) is 3.65. The lowest BCUT2D eigenvalue weighted by Gasteiger charge is -2.14. The minimum atomic E-state index is -0.727. The molecule has 0 amide bonds. The average Bonchev–Trinajstić information content (AvgIpc) is 2.31. The molecule has 0 unspecified atom stereocenters. The largest absolute Gasteiger partial charge is 0.340 e. The number of hydrogen-bond donors (Lipinski definition) is 1. The Morgan fingerprint density at radius 1 is 1.58 bits per heavy atom. The molecule has 3 nitrogen and oxygen atoms in total. The Labute approximate surface area is 70.0 Å². The van der Waals surface area contributed by atoms with Crippen molar-refractivity contribution in [2.24, 2.45) is 5.41 Å². The first-order valence-corrected chi connectivity index (χ1v) is 3.66. The highest BCUT2D eigenvalue weighted by Gasteiger charge is 2.26. The van der Waals surface area contributed by atoms with Gasteiger partial charge in [0.1, 0.15) is 5.69 Å². The van der Waals surface area contributed by atoms with Gasteiger partial charge in [0.25, 0.3) is 0 Å². The average molecular weight is 170 g/mol. The highest BCUT2D eigenvalue weighted by atomic mass is 19.1. The van der Waals surface area contributed by atoms with Crippen molar-refractivity contribution in [1.29, 1.82) is 0 Å². The second kappa shape index (κ2) is 2.69. The Bertz CT molecular complexity index is 298. The number of nitrogens with one attached hydrogen (secondary N) is 1. The van der Waals surface area contributed by atoms with E-state index in [-0.39, 0.29) is 11.5 Å². The van der Waals surface area contributed by atoms with Gasteiger partial charge in [0.2, 0.25) is 5.95 Å². The quantitative estimate of drug-likeness (QED) is 0.653. The molecule has 66 valence electrons. The zero-order valence-electron chi connectivity index (χ0n) is 7.31. The van der Waals surface area contributed by atoms with Gasteiger partial charge >= 0.3 is 0 Å². The number of hydrogen-bond acceptors (Lipinski definition) is 2. The first kappa shape index (κ1) is 8.90. The number of carbonyl (C=O) groups excluding carboxylic acids is 1. The van der Waals surface area contributed by atoms with E-state index in [4.69, 9.17) is 0 Å². The van der Waals surface area contributed by atoms with E-state index in [2.05, 4.69) is 9.97 Å². The molecule has 1 N–H and O–H groups in total. The molecule has 0 saturated heterocycles. The third-order valence-electron chi connectivity index (χ3n) is 1.50. The molecular weight excluding hydrogens is 159 g/mol. The van der Waals surface area contributed by atoms with Crippen molar-refractivity contribution in [1.82, 2.24) is 9.97 Å². The number of ketones is 1. The number of imidazole rings is 1. The number of rotatable bonds is 1. The fourth-order valence-corrected chi connectivity index (χ4v) is 0.812. The standard InChI is InChI=1S/C8H11FN2O/c1-8(2,3)6(12)5-7(9)11-4-10-5/h4H,1-3H3,(H,10,11). The monoisotopic (exact) mass is 170 g/mol. The maximum absolute atomic E-state index is 12.8. The number of halogens is 1. The predicted molar refractivity (Wildman–Crippen MR) is 42.3 cm³/mol. The van der Waals surface area contributed by atoms with Crippen LogP contribution in [0, 0.1) is 11.4 Å². The van der Waals surface area contributed by atoms with Crippen LogP contribution in [-0.2, 0) is 0 Å². The molecule has 1 heterocycles. The zero-order valence-corrected chi connectivity index (χ0v) is 7.31. The van der Waals surface area contributed by atoms with E-state index in [1.807, 2.05) is 0 Å². The molecule has 1 rings (SSSR count). The van der Waals surface area contributed by atoms with E-state index in [1.165, 1.54) is 6.33 Å². The molecule has 12 heavy (non-hydrogen) atoms. The van der Waals surface area contributed by atoms with Crippen LogP contribution in [0.3, 0.4) is 0 Å². The Hall–Kier alpha value is -1.19. The number of nitrogens with zero attached hydrogens (tertiary/aromatic N) is 1. The van der Waals surface area contributed by atoms with Gasteiger partial charge in [-0.05, 0) is 0 Å². The van der Waals surface area contributed by atoms with E-state index < -0.39 is 11.4 Å². The number of aromatic nitrogens is 2. The van der Waals surface area contributed by atoms with E-state index in [1.54, 1.807) is 20.8 Å². The number of carbonyl (C=O) groups is 1. The molecule has 0 aliphatic carbocycles. The van der Waals surface area contributed by atoms with Crippen LogP contribution in [0.1, 0.15) is 31.3 Å². The summed E-state index contributed by atoms with van der Waals surface area (Å²) in [4.78, 5) is 17.2.